The molecule has 1 heterocycles. The van der Waals surface area contributed by atoms with Crippen LogP contribution < -0.4 is 5.32 Å². The van der Waals surface area contributed by atoms with Gasteiger partial charge in [-0.05, 0) is 43.8 Å². The lowest BCUT2D eigenvalue weighted by atomic mass is 10.1. The number of H-pyrrole nitrogens is 1. The number of rotatable bonds is 4. The molecule has 0 unspecified atom stereocenters. The van der Waals surface area contributed by atoms with Gasteiger partial charge in [0.15, 0.2) is 0 Å². The monoisotopic (exact) mass is 233 g/mol. The van der Waals surface area contributed by atoms with Crippen LogP contribution in [0.3, 0.4) is 0 Å². The van der Waals surface area contributed by atoms with E-state index in [0.717, 1.165) is 29.9 Å². The molecule has 0 aliphatic heterocycles. The second kappa shape index (κ2) is 5.10. The Hall–Kier alpha value is -1.68. The highest BCUT2D eigenvalue weighted by atomic mass is 19.1. The summed E-state index contributed by atoms with van der Waals surface area (Å²) in [6.07, 6.45) is 0.906. The first kappa shape index (κ1) is 11.8. The van der Waals surface area contributed by atoms with Crippen LogP contribution in [0.25, 0.3) is 11.3 Å². The van der Waals surface area contributed by atoms with Crippen molar-refractivity contribution in [2.24, 2.45) is 0 Å². The lowest BCUT2D eigenvalue weighted by Crippen LogP contribution is -2.10. The van der Waals surface area contributed by atoms with E-state index >= 15 is 0 Å². The average Bonchev–Trinajstić information content (AvgIpc) is 2.79. The van der Waals surface area contributed by atoms with Crippen molar-refractivity contribution in [2.45, 2.75) is 13.3 Å². The van der Waals surface area contributed by atoms with Crippen molar-refractivity contribution < 1.29 is 4.39 Å². The second-order valence-corrected chi connectivity index (χ2v) is 4.10. The molecule has 1 aromatic heterocycles. The number of halogens is 1. The van der Waals surface area contributed by atoms with Gasteiger partial charge >= 0.3 is 0 Å². The second-order valence-electron chi connectivity index (χ2n) is 4.10. The number of aromatic nitrogens is 2. The molecule has 2 N–H and O–H groups in total. The highest BCUT2D eigenvalue weighted by molar-refractivity contribution is 5.60. The molecule has 0 bridgehead atoms. The molecule has 4 heteroatoms. The van der Waals surface area contributed by atoms with Gasteiger partial charge in [-0.15, -0.1) is 0 Å². The van der Waals surface area contributed by atoms with Crippen LogP contribution in [-0.2, 0) is 6.42 Å². The minimum Gasteiger partial charge on any atom is -0.319 e. The van der Waals surface area contributed by atoms with E-state index in [2.05, 4.69) is 15.5 Å². The van der Waals surface area contributed by atoms with Gasteiger partial charge in [-0.25, -0.2) is 4.39 Å². The van der Waals surface area contributed by atoms with E-state index in [0.29, 0.717) is 5.56 Å². The zero-order valence-corrected chi connectivity index (χ0v) is 10.0. The molecule has 0 aliphatic carbocycles. The Labute approximate surface area is 100 Å². The molecule has 0 amide bonds. The highest BCUT2D eigenvalue weighted by Gasteiger charge is 2.05. The lowest BCUT2D eigenvalue weighted by Gasteiger charge is -1.99. The lowest BCUT2D eigenvalue weighted by molar-refractivity contribution is 0.619. The summed E-state index contributed by atoms with van der Waals surface area (Å²) in [7, 11) is 1.92. The minimum atomic E-state index is -0.181. The smallest absolute Gasteiger partial charge is 0.126 e. The first-order valence-electron chi connectivity index (χ1n) is 5.66. The first-order valence-corrected chi connectivity index (χ1v) is 5.66. The van der Waals surface area contributed by atoms with Gasteiger partial charge in [0.2, 0.25) is 0 Å². The van der Waals surface area contributed by atoms with Gasteiger partial charge in [-0.1, -0.05) is 0 Å². The number of likely N-dealkylation sites (N-methyl/N-ethyl adjacent to an activating group) is 1. The van der Waals surface area contributed by atoms with E-state index < -0.39 is 0 Å². The fourth-order valence-corrected chi connectivity index (χ4v) is 1.70. The zero-order valence-electron chi connectivity index (χ0n) is 10.0. The van der Waals surface area contributed by atoms with E-state index in [-0.39, 0.29) is 5.82 Å². The normalized spacial score (nSPS) is 10.8. The molecule has 0 radical (unpaired) electrons. The van der Waals surface area contributed by atoms with Crippen LogP contribution in [0.2, 0.25) is 0 Å². The number of aromatic amines is 1. The Morgan fingerprint density at radius 3 is 2.88 bits per heavy atom. The Morgan fingerprint density at radius 2 is 2.18 bits per heavy atom. The van der Waals surface area contributed by atoms with E-state index in [9.17, 15) is 4.39 Å². The van der Waals surface area contributed by atoms with E-state index in [1.165, 1.54) is 6.07 Å². The van der Waals surface area contributed by atoms with Crippen molar-refractivity contribution >= 4 is 0 Å². The topological polar surface area (TPSA) is 40.7 Å². The Morgan fingerprint density at radius 1 is 1.35 bits per heavy atom. The summed E-state index contributed by atoms with van der Waals surface area (Å²) in [5.74, 6) is -0.181. The van der Waals surface area contributed by atoms with Crippen LogP contribution in [-0.4, -0.2) is 23.8 Å². The number of hydrogen-bond donors (Lipinski definition) is 2. The van der Waals surface area contributed by atoms with Gasteiger partial charge < -0.3 is 5.32 Å². The predicted molar refractivity (Wildman–Crippen MR) is 66.3 cm³/mol. The molecule has 1 aromatic carbocycles. The molecule has 2 rings (SSSR count). The molecule has 90 valence electrons. The molecular formula is C13H16FN3. The standard InChI is InChI=1S/C13H16FN3/c1-9-7-10(3-4-12(9)14)13-8-11(16-17-13)5-6-15-2/h3-4,7-8,15H,5-6H2,1-2H3,(H,16,17). The quantitative estimate of drug-likeness (QED) is 0.850. The Kier molecular flexibility index (Phi) is 3.54. The molecule has 0 fully saturated rings. The van der Waals surface area contributed by atoms with Gasteiger partial charge in [0.25, 0.3) is 0 Å². The molecule has 0 spiro atoms. The first-order chi connectivity index (χ1) is 8.20. The summed E-state index contributed by atoms with van der Waals surface area (Å²) >= 11 is 0. The van der Waals surface area contributed by atoms with Gasteiger partial charge in [0.05, 0.1) is 5.69 Å². The van der Waals surface area contributed by atoms with Crippen LogP contribution in [0, 0.1) is 12.7 Å². The van der Waals surface area contributed by atoms with Crippen molar-refractivity contribution in [1.29, 1.82) is 0 Å². The van der Waals surface area contributed by atoms with Crippen molar-refractivity contribution in [2.75, 3.05) is 13.6 Å². The van der Waals surface area contributed by atoms with Crippen LogP contribution in [0.5, 0.6) is 0 Å². The Bertz CT molecular complexity index is 505. The SMILES string of the molecule is CNCCc1cc(-c2ccc(F)c(C)c2)n[nH]1. The molecule has 2 aromatic rings. The maximum absolute atomic E-state index is 13.1. The maximum Gasteiger partial charge on any atom is 0.126 e. The summed E-state index contributed by atoms with van der Waals surface area (Å²) in [5.41, 5.74) is 3.52. The largest absolute Gasteiger partial charge is 0.319 e. The van der Waals surface area contributed by atoms with Crippen molar-refractivity contribution in [1.82, 2.24) is 15.5 Å². The molecule has 0 saturated carbocycles. The molecule has 3 nitrogen and oxygen atoms in total. The van der Waals surface area contributed by atoms with Crippen LogP contribution in [0.1, 0.15) is 11.3 Å². The molecule has 0 saturated heterocycles. The zero-order chi connectivity index (χ0) is 12.3. The Balaban J connectivity index is 2.21. The summed E-state index contributed by atoms with van der Waals surface area (Å²) < 4.78 is 13.1. The average molecular weight is 233 g/mol. The van der Waals surface area contributed by atoms with Gasteiger partial charge in [-0.2, -0.15) is 5.10 Å². The summed E-state index contributed by atoms with van der Waals surface area (Å²) in [6, 6.07) is 7.05. The minimum absolute atomic E-state index is 0.181. The van der Waals surface area contributed by atoms with Crippen molar-refractivity contribution in [3.05, 3.63) is 41.3 Å². The number of aryl methyl sites for hydroxylation is 1. The third-order valence-electron chi connectivity index (χ3n) is 2.73. The van der Waals surface area contributed by atoms with Crippen molar-refractivity contribution in [3.8, 4) is 11.3 Å². The molecular weight excluding hydrogens is 217 g/mol. The summed E-state index contributed by atoms with van der Waals surface area (Å²) in [4.78, 5) is 0. The third kappa shape index (κ3) is 2.71. The maximum atomic E-state index is 13.1. The van der Waals surface area contributed by atoms with Crippen LogP contribution in [0.4, 0.5) is 4.39 Å². The van der Waals surface area contributed by atoms with Gasteiger partial charge in [-0.3, -0.25) is 5.10 Å². The van der Waals surface area contributed by atoms with Gasteiger partial charge in [0.1, 0.15) is 5.82 Å². The number of nitrogens with zero attached hydrogens (tertiary/aromatic N) is 1. The molecule has 17 heavy (non-hydrogen) atoms. The van der Waals surface area contributed by atoms with Crippen LogP contribution >= 0.6 is 0 Å². The molecule has 0 aliphatic rings. The predicted octanol–water partition coefficient (Wildman–Crippen LogP) is 2.29. The number of benzene rings is 1. The van der Waals surface area contributed by atoms with E-state index in [1.807, 2.05) is 19.2 Å². The molecule has 0 atom stereocenters. The van der Waals surface area contributed by atoms with Crippen molar-refractivity contribution in [3.63, 3.8) is 0 Å². The van der Waals surface area contributed by atoms with Gasteiger partial charge in [0, 0.05) is 24.2 Å². The number of nitrogens with one attached hydrogen (secondary N) is 2. The number of hydrogen-bond acceptors (Lipinski definition) is 2. The van der Waals surface area contributed by atoms with Crippen LogP contribution in [0.15, 0.2) is 24.3 Å². The highest BCUT2D eigenvalue weighted by Crippen LogP contribution is 2.20. The fourth-order valence-electron chi connectivity index (χ4n) is 1.70. The van der Waals surface area contributed by atoms with E-state index in [4.69, 9.17) is 0 Å². The summed E-state index contributed by atoms with van der Waals surface area (Å²) in [6.45, 7) is 2.66. The third-order valence-corrected chi connectivity index (χ3v) is 2.73. The fraction of sp³-hybridized carbons (Fsp3) is 0.308. The summed E-state index contributed by atoms with van der Waals surface area (Å²) in [5, 5.41) is 10.3. The van der Waals surface area contributed by atoms with E-state index in [1.54, 1.807) is 13.0 Å².